The largest absolute Gasteiger partial charge is 0.394 e. The highest BCUT2D eigenvalue weighted by Crippen LogP contribution is 2.18. The van der Waals surface area contributed by atoms with Crippen LogP contribution in [0.3, 0.4) is 0 Å². The Balaban J connectivity index is 3.55. The van der Waals surface area contributed by atoms with Crippen LogP contribution in [-0.4, -0.2) is 34.9 Å². The van der Waals surface area contributed by atoms with E-state index < -0.39 is 12.1 Å². The second kappa shape index (κ2) is 69.1. The molecular weight excluding hydrogens is 963 g/mol. The van der Waals surface area contributed by atoms with Crippen molar-refractivity contribution in [3.63, 3.8) is 0 Å². The Kier molecular flexibility index (Phi) is 66.3. The molecule has 0 aromatic carbocycles. The van der Waals surface area contributed by atoms with Crippen molar-refractivity contribution in [1.29, 1.82) is 0 Å². The van der Waals surface area contributed by atoms with Crippen molar-refractivity contribution in [2.24, 2.45) is 0 Å². The second-order valence-corrected chi connectivity index (χ2v) is 22.9. The molecule has 2 atom stereocenters. The fraction of sp³-hybridized carbons (Fsp3) is 0.720. The van der Waals surface area contributed by atoms with Gasteiger partial charge < -0.3 is 15.5 Å². The van der Waals surface area contributed by atoms with Gasteiger partial charge >= 0.3 is 0 Å². The van der Waals surface area contributed by atoms with Gasteiger partial charge in [-0.15, -0.1) is 0 Å². The summed E-state index contributed by atoms with van der Waals surface area (Å²) in [5.41, 5.74) is 0. The summed E-state index contributed by atoms with van der Waals surface area (Å²) in [5.74, 6) is -0.0714. The van der Waals surface area contributed by atoms with Gasteiger partial charge in [0, 0.05) is 6.42 Å². The van der Waals surface area contributed by atoms with Gasteiger partial charge in [-0.25, -0.2) is 0 Å². The van der Waals surface area contributed by atoms with E-state index in [1.54, 1.807) is 6.08 Å². The lowest BCUT2D eigenvalue weighted by molar-refractivity contribution is -0.123. The number of allylic oxidation sites excluding steroid dienone is 19. The van der Waals surface area contributed by atoms with E-state index in [9.17, 15) is 15.0 Å². The Labute approximate surface area is 492 Å². The lowest BCUT2D eigenvalue weighted by atomic mass is 10.0. The first kappa shape index (κ1) is 75.8. The van der Waals surface area contributed by atoms with Gasteiger partial charge in [0.05, 0.1) is 18.8 Å². The first-order valence-corrected chi connectivity index (χ1v) is 34.2. The zero-order chi connectivity index (χ0) is 56.9. The molecule has 0 aromatic heterocycles. The van der Waals surface area contributed by atoms with E-state index in [0.29, 0.717) is 6.42 Å². The molecule has 3 N–H and O–H groups in total. The summed E-state index contributed by atoms with van der Waals surface area (Å²) in [7, 11) is 0. The van der Waals surface area contributed by atoms with Crippen LogP contribution >= 0.6 is 0 Å². The molecule has 0 aliphatic heterocycles. The van der Waals surface area contributed by atoms with E-state index >= 15 is 0 Å². The Morgan fingerprint density at radius 3 is 0.835 bits per heavy atom. The quantitative estimate of drug-likeness (QED) is 0.0420. The summed E-state index contributed by atoms with van der Waals surface area (Å²) >= 11 is 0. The number of rotatable bonds is 62. The van der Waals surface area contributed by atoms with Crippen LogP contribution in [0.25, 0.3) is 0 Å². The van der Waals surface area contributed by atoms with E-state index in [4.69, 9.17) is 0 Å². The summed E-state index contributed by atoms with van der Waals surface area (Å²) in [6, 6.07) is -0.636. The molecule has 4 nitrogen and oxygen atoms in total. The first-order chi connectivity index (χ1) is 39.2. The van der Waals surface area contributed by atoms with Crippen molar-refractivity contribution < 1.29 is 15.0 Å². The average Bonchev–Trinajstić information content (AvgIpc) is 3.45. The lowest BCUT2D eigenvalue weighted by Gasteiger charge is -2.20. The predicted octanol–water partition coefficient (Wildman–Crippen LogP) is 23.5. The summed E-state index contributed by atoms with van der Waals surface area (Å²) in [6.07, 6.45) is 105. The SMILES string of the molecule is CC/C=C\C/C=C\C/C=C\C/C=C\C/C=C\C/C=C\C/C=C\C/C=C\C/C=C\CCCCCCCCCCCC(=O)NC(CO)C(O)/C=C/CCCCCCCCCCCCCCCCCCCCCCCCCCCCCC. The van der Waals surface area contributed by atoms with Gasteiger partial charge in [-0.1, -0.05) is 354 Å². The number of amides is 1. The average molecular weight is 1090 g/mol. The molecule has 0 aliphatic rings. The number of nitrogens with one attached hydrogen (secondary N) is 1. The van der Waals surface area contributed by atoms with Crippen LogP contribution in [0.2, 0.25) is 0 Å². The highest BCUT2D eigenvalue weighted by Gasteiger charge is 2.18. The van der Waals surface area contributed by atoms with Crippen molar-refractivity contribution in [1.82, 2.24) is 5.32 Å². The molecule has 0 fully saturated rings. The molecule has 0 aliphatic carbocycles. The smallest absolute Gasteiger partial charge is 0.220 e. The monoisotopic (exact) mass is 1090 g/mol. The Morgan fingerprint density at radius 1 is 0.316 bits per heavy atom. The van der Waals surface area contributed by atoms with Crippen molar-refractivity contribution in [3.8, 4) is 0 Å². The first-order valence-electron chi connectivity index (χ1n) is 34.2. The lowest BCUT2D eigenvalue weighted by Crippen LogP contribution is -2.45. The molecule has 0 rings (SSSR count). The van der Waals surface area contributed by atoms with Crippen LogP contribution in [0.15, 0.2) is 122 Å². The maximum atomic E-state index is 12.5. The zero-order valence-electron chi connectivity index (χ0n) is 52.4. The van der Waals surface area contributed by atoms with Gasteiger partial charge in [-0.05, 0) is 89.9 Å². The van der Waals surface area contributed by atoms with Gasteiger partial charge in [0.25, 0.3) is 0 Å². The highest BCUT2D eigenvalue weighted by molar-refractivity contribution is 5.76. The number of carbonyl (C=O) groups excluding carboxylic acids is 1. The maximum Gasteiger partial charge on any atom is 0.220 e. The standard InChI is InChI=1S/C75H131NO3/c1-3-5-7-9-11-13-15-17-19-21-23-25-27-29-31-33-35-36-37-38-39-40-41-43-45-47-49-51-53-55-57-59-61-63-65-67-69-71-75(79)76-73(72-77)74(78)70-68-66-64-62-60-58-56-54-52-50-48-46-44-42-34-32-30-28-26-24-22-20-18-16-14-12-10-8-6-4-2/h5,7,11,13,17,19,23,25,29,31,35-36,38-39,41,43,47,49,68,70,73-74,77-78H,3-4,6,8-10,12,14-16,18,20-22,24,26-28,30,32-34,37,40,42,44-46,48,50-67,69,71-72H2,1-2H3,(H,76,79)/b7-5-,13-11-,19-17-,25-23-,31-29-,36-35-,39-38-,43-41-,49-47-,70-68+. The van der Waals surface area contributed by atoms with Crippen LogP contribution in [-0.2, 0) is 4.79 Å². The molecule has 0 spiro atoms. The Hall–Kier alpha value is -3.21. The number of unbranched alkanes of at least 4 members (excludes halogenated alkanes) is 37. The molecule has 454 valence electrons. The van der Waals surface area contributed by atoms with Crippen LogP contribution in [0, 0.1) is 0 Å². The Bertz CT molecular complexity index is 1520. The van der Waals surface area contributed by atoms with Crippen LogP contribution < -0.4 is 5.32 Å². The van der Waals surface area contributed by atoms with E-state index in [0.717, 1.165) is 89.9 Å². The van der Waals surface area contributed by atoms with Crippen LogP contribution in [0.5, 0.6) is 0 Å². The van der Waals surface area contributed by atoms with E-state index in [1.807, 2.05) is 6.08 Å². The summed E-state index contributed by atoms with van der Waals surface area (Å²) < 4.78 is 0. The normalized spacial score (nSPS) is 13.5. The van der Waals surface area contributed by atoms with Gasteiger partial charge in [0.15, 0.2) is 0 Å². The van der Waals surface area contributed by atoms with E-state index in [1.165, 1.54) is 218 Å². The second-order valence-electron chi connectivity index (χ2n) is 22.9. The number of aliphatic hydroxyl groups excluding tert-OH is 2. The summed E-state index contributed by atoms with van der Waals surface area (Å²) in [6.45, 7) is 4.22. The zero-order valence-corrected chi connectivity index (χ0v) is 52.4. The van der Waals surface area contributed by atoms with E-state index in [-0.39, 0.29) is 12.5 Å². The van der Waals surface area contributed by atoms with Gasteiger partial charge in [-0.3, -0.25) is 4.79 Å². The summed E-state index contributed by atoms with van der Waals surface area (Å²) in [4.78, 5) is 12.5. The van der Waals surface area contributed by atoms with E-state index in [2.05, 4.69) is 129 Å². The molecule has 0 aromatic rings. The minimum atomic E-state index is -0.852. The molecule has 0 radical (unpaired) electrons. The van der Waals surface area contributed by atoms with Crippen molar-refractivity contribution >= 4 is 5.91 Å². The Morgan fingerprint density at radius 2 is 0.557 bits per heavy atom. The van der Waals surface area contributed by atoms with Crippen LogP contribution in [0.4, 0.5) is 0 Å². The molecule has 0 saturated heterocycles. The molecule has 79 heavy (non-hydrogen) atoms. The minimum absolute atomic E-state index is 0.0714. The number of carbonyl (C=O) groups is 1. The molecule has 0 bridgehead atoms. The number of aliphatic hydroxyl groups is 2. The minimum Gasteiger partial charge on any atom is -0.394 e. The summed E-state index contributed by atoms with van der Waals surface area (Å²) in [5, 5.41) is 23.3. The fourth-order valence-corrected chi connectivity index (χ4v) is 10.1. The fourth-order valence-electron chi connectivity index (χ4n) is 10.1. The third-order valence-corrected chi connectivity index (χ3v) is 15.2. The van der Waals surface area contributed by atoms with Gasteiger partial charge in [0.1, 0.15) is 0 Å². The van der Waals surface area contributed by atoms with Crippen molar-refractivity contribution in [2.75, 3.05) is 6.61 Å². The van der Waals surface area contributed by atoms with Crippen molar-refractivity contribution in [2.45, 2.75) is 341 Å². The maximum absolute atomic E-state index is 12.5. The number of hydrogen-bond acceptors (Lipinski definition) is 3. The third kappa shape index (κ3) is 65.5. The predicted molar refractivity (Wildman–Crippen MR) is 354 cm³/mol. The number of hydrogen-bond donors (Lipinski definition) is 3. The van der Waals surface area contributed by atoms with Gasteiger partial charge in [0.2, 0.25) is 5.91 Å². The van der Waals surface area contributed by atoms with Crippen molar-refractivity contribution in [3.05, 3.63) is 122 Å². The molecule has 0 saturated carbocycles. The van der Waals surface area contributed by atoms with Gasteiger partial charge in [-0.2, -0.15) is 0 Å². The van der Waals surface area contributed by atoms with Crippen LogP contribution in [0.1, 0.15) is 328 Å². The molecule has 0 heterocycles. The highest BCUT2D eigenvalue weighted by atomic mass is 16.3. The third-order valence-electron chi connectivity index (χ3n) is 15.2. The topological polar surface area (TPSA) is 69.6 Å². The molecule has 2 unspecified atom stereocenters. The molecular formula is C75H131NO3. The molecule has 1 amide bonds. The molecule has 4 heteroatoms.